The molecule has 1 heterocycles. The molecule has 92 valence electrons. The van der Waals surface area contributed by atoms with Crippen LogP contribution in [0, 0.1) is 0 Å². The lowest BCUT2D eigenvalue weighted by molar-refractivity contribution is -0.479. The van der Waals surface area contributed by atoms with Crippen molar-refractivity contribution >= 4 is 0 Å². The highest BCUT2D eigenvalue weighted by molar-refractivity contribution is 5.03. The van der Waals surface area contributed by atoms with Gasteiger partial charge in [0.25, 0.3) is 0 Å². The molecule has 1 atom stereocenters. The summed E-state index contributed by atoms with van der Waals surface area (Å²) in [5.74, 6) is -0.478. The molecule has 1 saturated heterocycles. The van der Waals surface area contributed by atoms with Gasteiger partial charge in [-0.3, -0.25) is 0 Å². The quantitative estimate of drug-likeness (QED) is 0.590. The topological polar surface area (TPSA) is 47.9 Å². The Morgan fingerprint density at radius 1 is 1.38 bits per heavy atom. The van der Waals surface area contributed by atoms with Crippen molar-refractivity contribution in [2.24, 2.45) is 0 Å². The van der Waals surface area contributed by atoms with E-state index in [-0.39, 0.29) is 12.7 Å². The molecule has 1 aliphatic heterocycles. The highest BCUT2D eigenvalue weighted by Crippen LogP contribution is 2.38. The van der Waals surface area contributed by atoms with Gasteiger partial charge in [-0.05, 0) is 31.3 Å². The van der Waals surface area contributed by atoms with Crippen LogP contribution in [-0.2, 0) is 14.5 Å². The van der Waals surface area contributed by atoms with Crippen molar-refractivity contribution in [1.82, 2.24) is 0 Å². The average Bonchev–Trinajstić information content (AvgIpc) is 2.75. The Labute approximate surface area is 96.1 Å². The molecular weight excluding hydrogens is 208 g/mol. The molecule has 4 heteroatoms. The van der Waals surface area contributed by atoms with Crippen molar-refractivity contribution in [2.75, 3.05) is 13.2 Å². The first-order valence-electron chi connectivity index (χ1n) is 6.03. The van der Waals surface area contributed by atoms with Crippen LogP contribution >= 0.6 is 0 Å². The third-order valence-electron chi connectivity index (χ3n) is 3.29. The normalized spacial score (nSPS) is 28.4. The van der Waals surface area contributed by atoms with Crippen molar-refractivity contribution < 1.29 is 19.6 Å². The van der Waals surface area contributed by atoms with Gasteiger partial charge >= 0.3 is 0 Å². The van der Waals surface area contributed by atoms with E-state index in [9.17, 15) is 0 Å². The lowest BCUT2D eigenvalue weighted by Crippen LogP contribution is -2.43. The van der Waals surface area contributed by atoms with Crippen LogP contribution in [-0.4, -0.2) is 30.2 Å². The summed E-state index contributed by atoms with van der Waals surface area (Å²) in [6, 6.07) is 0. The molecule has 2 fully saturated rings. The molecule has 16 heavy (non-hydrogen) atoms. The zero-order valence-electron chi connectivity index (χ0n) is 9.61. The molecule has 0 amide bonds. The van der Waals surface area contributed by atoms with Crippen molar-refractivity contribution in [3.8, 4) is 0 Å². The SMILES string of the molecule is C=C(CCCO)C1COC2(CCCC2)OO1. The van der Waals surface area contributed by atoms with Gasteiger partial charge in [-0.2, -0.15) is 0 Å². The maximum atomic E-state index is 8.74. The fraction of sp³-hybridized carbons (Fsp3) is 0.833. The van der Waals surface area contributed by atoms with E-state index in [1.54, 1.807) is 0 Å². The van der Waals surface area contributed by atoms with E-state index in [0.29, 0.717) is 13.0 Å². The van der Waals surface area contributed by atoms with Gasteiger partial charge in [-0.25, -0.2) is 9.78 Å². The van der Waals surface area contributed by atoms with E-state index in [0.717, 1.165) is 37.7 Å². The third kappa shape index (κ3) is 2.63. The minimum absolute atomic E-state index is 0.178. The van der Waals surface area contributed by atoms with Gasteiger partial charge < -0.3 is 9.84 Å². The molecule has 1 spiro atoms. The summed E-state index contributed by atoms with van der Waals surface area (Å²) in [4.78, 5) is 10.8. The number of ether oxygens (including phenoxy) is 1. The Hall–Kier alpha value is -0.420. The molecule has 1 N–H and O–H groups in total. The first-order valence-corrected chi connectivity index (χ1v) is 6.03. The Kier molecular flexibility index (Phi) is 3.97. The van der Waals surface area contributed by atoms with Crippen LogP contribution in [0.25, 0.3) is 0 Å². The Balaban J connectivity index is 1.78. The van der Waals surface area contributed by atoms with Gasteiger partial charge in [0.05, 0.1) is 6.61 Å². The third-order valence-corrected chi connectivity index (χ3v) is 3.29. The average molecular weight is 228 g/mol. The van der Waals surface area contributed by atoms with Crippen LogP contribution in [0.1, 0.15) is 38.5 Å². The van der Waals surface area contributed by atoms with E-state index >= 15 is 0 Å². The van der Waals surface area contributed by atoms with Gasteiger partial charge in [0.15, 0.2) is 0 Å². The van der Waals surface area contributed by atoms with Gasteiger partial charge in [0.1, 0.15) is 6.10 Å². The standard InChI is InChI=1S/C12H20O4/c1-10(5-4-8-13)11-9-14-12(16-15-11)6-2-3-7-12/h11,13H,1-9H2. The van der Waals surface area contributed by atoms with E-state index in [2.05, 4.69) is 6.58 Å². The van der Waals surface area contributed by atoms with Crippen LogP contribution in [0.15, 0.2) is 12.2 Å². The largest absolute Gasteiger partial charge is 0.396 e. The molecule has 1 saturated carbocycles. The zero-order chi connectivity index (χ0) is 11.4. The molecule has 0 aromatic rings. The van der Waals surface area contributed by atoms with E-state index in [1.165, 1.54) is 0 Å². The monoisotopic (exact) mass is 228 g/mol. The highest BCUT2D eigenvalue weighted by Gasteiger charge is 2.42. The summed E-state index contributed by atoms with van der Waals surface area (Å²) in [5.41, 5.74) is 0.932. The second kappa shape index (κ2) is 5.27. The summed E-state index contributed by atoms with van der Waals surface area (Å²) in [5, 5.41) is 8.74. The second-order valence-corrected chi connectivity index (χ2v) is 4.58. The van der Waals surface area contributed by atoms with Crippen LogP contribution in [0.4, 0.5) is 0 Å². The van der Waals surface area contributed by atoms with Crippen LogP contribution in [0.2, 0.25) is 0 Å². The highest BCUT2D eigenvalue weighted by atomic mass is 17.2. The maximum absolute atomic E-state index is 8.74. The Bertz CT molecular complexity index is 235. The smallest absolute Gasteiger partial charge is 0.201 e. The molecule has 0 aromatic carbocycles. The van der Waals surface area contributed by atoms with Crippen molar-refractivity contribution in [1.29, 1.82) is 0 Å². The summed E-state index contributed by atoms with van der Waals surface area (Å²) in [6.45, 7) is 4.63. The van der Waals surface area contributed by atoms with Gasteiger partial charge in [-0.15, -0.1) is 0 Å². The number of aliphatic hydroxyl groups excluding tert-OH is 1. The summed E-state index contributed by atoms with van der Waals surface area (Å²) < 4.78 is 5.77. The fourth-order valence-electron chi connectivity index (χ4n) is 2.22. The lowest BCUT2D eigenvalue weighted by atomic mass is 10.1. The molecule has 1 aliphatic carbocycles. The minimum Gasteiger partial charge on any atom is -0.396 e. The second-order valence-electron chi connectivity index (χ2n) is 4.58. The first kappa shape index (κ1) is 12.0. The van der Waals surface area contributed by atoms with Crippen LogP contribution < -0.4 is 0 Å². The zero-order valence-corrected chi connectivity index (χ0v) is 9.61. The molecule has 0 bridgehead atoms. The molecule has 0 radical (unpaired) electrons. The molecule has 2 aliphatic rings. The van der Waals surface area contributed by atoms with E-state index in [4.69, 9.17) is 19.6 Å². The number of hydrogen-bond donors (Lipinski definition) is 1. The molecular formula is C12H20O4. The summed E-state index contributed by atoms with van der Waals surface area (Å²) in [6.07, 6.45) is 5.40. The fourth-order valence-corrected chi connectivity index (χ4v) is 2.22. The molecule has 0 aromatic heterocycles. The number of hydrogen-bond acceptors (Lipinski definition) is 4. The summed E-state index contributed by atoms with van der Waals surface area (Å²) >= 11 is 0. The Morgan fingerprint density at radius 3 is 2.69 bits per heavy atom. The number of rotatable bonds is 4. The van der Waals surface area contributed by atoms with Gasteiger partial charge in [0.2, 0.25) is 5.79 Å². The van der Waals surface area contributed by atoms with Crippen molar-refractivity contribution in [3.63, 3.8) is 0 Å². The maximum Gasteiger partial charge on any atom is 0.201 e. The van der Waals surface area contributed by atoms with E-state index in [1.807, 2.05) is 0 Å². The van der Waals surface area contributed by atoms with Crippen LogP contribution in [0.5, 0.6) is 0 Å². The van der Waals surface area contributed by atoms with Gasteiger partial charge in [-0.1, -0.05) is 6.58 Å². The Morgan fingerprint density at radius 2 is 2.12 bits per heavy atom. The number of aliphatic hydroxyl groups is 1. The summed E-state index contributed by atoms with van der Waals surface area (Å²) in [7, 11) is 0. The first-order chi connectivity index (χ1) is 7.76. The van der Waals surface area contributed by atoms with Gasteiger partial charge in [0, 0.05) is 19.4 Å². The van der Waals surface area contributed by atoms with E-state index < -0.39 is 5.79 Å². The minimum atomic E-state index is -0.478. The van der Waals surface area contributed by atoms with Crippen molar-refractivity contribution in [3.05, 3.63) is 12.2 Å². The predicted molar refractivity (Wildman–Crippen MR) is 58.6 cm³/mol. The lowest BCUT2D eigenvalue weighted by Gasteiger charge is -2.36. The van der Waals surface area contributed by atoms with Crippen LogP contribution in [0.3, 0.4) is 0 Å². The molecule has 2 rings (SSSR count). The predicted octanol–water partition coefficient (Wildman–Crippen LogP) is 1.93. The van der Waals surface area contributed by atoms with Crippen molar-refractivity contribution in [2.45, 2.75) is 50.4 Å². The molecule has 4 nitrogen and oxygen atoms in total. The molecule has 1 unspecified atom stereocenters.